The molecule has 4 heteroatoms. The van der Waals surface area contributed by atoms with Gasteiger partial charge < -0.3 is 0 Å². The van der Waals surface area contributed by atoms with E-state index in [-0.39, 0.29) is 0 Å². The Morgan fingerprint density at radius 1 is 1.38 bits per heavy atom. The summed E-state index contributed by atoms with van der Waals surface area (Å²) in [5.41, 5.74) is 1.09. The Morgan fingerprint density at radius 3 is 2.69 bits per heavy atom. The van der Waals surface area contributed by atoms with Crippen LogP contribution in [0.4, 0.5) is 0 Å². The van der Waals surface area contributed by atoms with Gasteiger partial charge in [-0.15, -0.1) is 0 Å². The van der Waals surface area contributed by atoms with Gasteiger partial charge in [0.2, 0.25) is 0 Å². The molecule has 0 bridgehead atoms. The number of hydrogen-bond donors (Lipinski definition) is 1. The van der Waals surface area contributed by atoms with E-state index in [1.54, 1.807) is 11.8 Å². The summed E-state index contributed by atoms with van der Waals surface area (Å²) in [6, 6.07) is 0. The van der Waals surface area contributed by atoms with Gasteiger partial charge in [-0.1, -0.05) is 23.9 Å². The maximum atomic E-state index is 4.17. The van der Waals surface area contributed by atoms with Crippen LogP contribution in [-0.4, -0.2) is 21.5 Å². The molecule has 0 spiro atoms. The molecular weight excluding hydrogens is 200 g/mol. The van der Waals surface area contributed by atoms with Crippen molar-refractivity contribution in [1.82, 2.24) is 9.97 Å². The second-order valence-corrected chi connectivity index (χ2v) is 3.86. The fraction of sp³-hybridized carbons (Fsp3) is 0.333. The van der Waals surface area contributed by atoms with E-state index in [1.807, 2.05) is 25.4 Å². The lowest BCUT2D eigenvalue weighted by Crippen LogP contribution is -1.86. The van der Waals surface area contributed by atoms with Crippen molar-refractivity contribution in [3.8, 4) is 0 Å². The van der Waals surface area contributed by atoms with Gasteiger partial charge in [0.1, 0.15) is 0 Å². The Hall–Kier alpha value is -0.480. The van der Waals surface area contributed by atoms with Crippen LogP contribution in [0.5, 0.6) is 0 Å². The summed E-state index contributed by atoms with van der Waals surface area (Å²) >= 11 is 5.69. The van der Waals surface area contributed by atoms with Gasteiger partial charge in [0.15, 0.2) is 5.16 Å². The standard InChI is InChI=1S/C9H12N2S2/c1-8-6-10-9(11-7-8)13-5-3-2-4-12/h2-3,6-7,12H,4-5H2,1H3. The van der Waals surface area contributed by atoms with Crippen molar-refractivity contribution in [2.24, 2.45) is 0 Å². The van der Waals surface area contributed by atoms with Crippen LogP contribution in [0.1, 0.15) is 5.56 Å². The number of rotatable bonds is 4. The maximum absolute atomic E-state index is 4.17. The summed E-state index contributed by atoms with van der Waals surface area (Å²) in [5, 5.41) is 0.828. The molecule has 0 unspecified atom stereocenters. The van der Waals surface area contributed by atoms with E-state index in [9.17, 15) is 0 Å². The van der Waals surface area contributed by atoms with E-state index in [2.05, 4.69) is 28.7 Å². The summed E-state index contributed by atoms with van der Waals surface area (Å²) in [5.74, 6) is 1.69. The van der Waals surface area contributed by atoms with Gasteiger partial charge in [-0.05, 0) is 12.5 Å². The average Bonchev–Trinajstić information content (AvgIpc) is 2.15. The first-order valence-corrected chi connectivity index (χ1v) is 5.62. The lowest BCUT2D eigenvalue weighted by molar-refractivity contribution is 0.952. The number of aryl methyl sites for hydroxylation is 1. The molecule has 0 amide bonds. The first-order chi connectivity index (χ1) is 6.33. The van der Waals surface area contributed by atoms with Crippen molar-refractivity contribution in [2.45, 2.75) is 12.1 Å². The molecule has 0 aliphatic carbocycles. The number of aromatic nitrogens is 2. The smallest absolute Gasteiger partial charge is 0.187 e. The van der Waals surface area contributed by atoms with E-state index in [1.165, 1.54) is 0 Å². The molecule has 0 saturated heterocycles. The highest BCUT2D eigenvalue weighted by molar-refractivity contribution is 7.99. The third kappa shape index (κ3) is 4.33. The summed E-state index contributed by atoms with van der Waals surface area (Å²) in [6.07, 6.45) is 7.75. The highest BCUT2D eigenvalue weighted by atomic mass is 32.2. The Kier molecular flexibility index (Phi) is 4.93. The monoisotopic (exact) mass is 212 g/mol. The minimum absolute atomic E-state index is 0.787. The highest BCUT2D eigenvalue weighted by Gasteiger charge is 1.93. The molecule has 70 valence electrons. The number of hydrogen-bond acceptors (Lipinski definition) is 4. The second kappa shape index (κ2) is 6.05. The molecule has 1 heterocycles. The lowest BCUT2D eigenvalue weighted by atomic mass is 10.4. The van der Waals surface area contributed by atoms with Gasteiger partial charge in [0.25, 0.3) is 0 Å². The van der Waals surface area contributed by atoms with Gasteiger partial charge in [-0.25, -0.2) is 9.97 Å². The van der Waals surface area contributed by atoms with Gasteiger partial charge in [-0.3, -0.25) is 0 Å². The zero-order valence-electron chi connectivity index (χ0n) is 7.47. The molecule has 2 nitrogen and oxygen atoms in total. The zero-order chi connectivity index (χ0) is 9.52. The quantitative estimate of drug-likeness (QED) is 0.359. The van der Waals surface area contributed by atoms with E-state index in [4.69, 9.17) is 0 Å². The van der Waals surface area contributed by atoms with E-state index in [0.29, 0.717) is 0 Å². The molecule has 1 rings (SSSR count). The topological polar surface area (TPSA) is 25.8 Å². The van der Waals surface area contributed by atoms with E-state index in [0.717, 1.165) is 22.2 Å². The largest absolute Gasteiger partial charge is 0.231 e. The number of nitrogens with zero attached hydrogens (tertiary/aromatic N) is 2. The minimum atomic E-state index is 0.787. The fourth-order valence-electron chi connectivity index (χ4n) is 0.721. The van der Waals surface area contributed by atoms with Crippen LogP contribution >= 0.6 is 24.4 Å². The summed E-state index contributed by atoms with van der Waals surface area (Å²) < 4.78 is 0. The Bertz CT molecular complexity index is 269. The van der Waals surface area contributed by atoms with Gasteiger partial charge >= 0.3 is 0 Å². The van der Waals surface area contributed by atoms with Crippen LogP contribution in [-0.2, 0) is 0 Å². The van der Waals surface area contributed by atoms with Gasteiger partial charge in [0, 0.05) is 23.9 Å². The molecule has 1 aromatic heterocycles. The zero-order valence-corrected chi connectivity index (χ0v) is 9.18. The van der Waals surface area contributed by atoms with Crippen molar-refractivity contribution in [3.05, 3.63) is 30.1 Å². The normalized spacial score (nSPS) is 10.9. The van der Waals surface area contributed by atoms with Crippen LogP contribution in [0.2, 0.25) is 0 Å². The molecule has 0 atom stereocenters. The lowest BCUT2D eigenvalue weighted by Gasteiger charge is -1.95. The molecule has 0 aromatic carbocycles. The molecule has 0 fully saturated rings. The van der Waals surface area contributed by atoms with Crippen LogP contribution in [0, 0.1) is 6.92 Å². The average molecular weight is 212 g/mol. The maximum Gasteiger partial charge on any atom is 0.187 e. The second-order valence-electron chi connectivity index (χ2n) is 2.51. The number of thioether (sulfide) groups is 1. The predicted octanol–water partition coefficient (Wildman–Crippen LogP) is 2.36. The first-order valence-electron chi connectivity index (χ1n) is 4.00. The SMILES string of the molecule is Cc1cnc(SCC=CCS)nc1. The predicted molar refractivity (Wildman–Crippen MR) is 60.5 cm³/mol. The highest BCUT2D eigenvalue weighted by Crippen LogP contribution is 2.11. The minimum Gasteiger partial charge on any atom is -0.231 e. The molecule has 0 saturated carbocycles. The first kappa shape index (κ1) is 10.6. The van der Waals surface area contributed by atoms with Crippen molar-refractivity contribution >= 4 is 24.4 Å². The van der Waals surface area contributed by atoms with E-state index >= 15 is 0 Å². The molecule has 0 aliphatic rings. The van der Waals surface area contributed by atoms with Crippen LogP contribution in [0.15, 0.2) is 29.7 Å². The molecular formula is C9H12N2S2. The Balaban J connectivity index is 2.37. The summed E-state index contributed by atoms with van der Waals surface area (Å²) in [4.78, 5) is 8.35. The van der Waals surface area contributed by atoms with Crippen LogP contribution in [0.25, 0.3) is 0 Å². The Labute approximate surface area is 88.3 Å². The van der Waals surface area contributed by atoms with Crippen LogP contribution in [0.3, 0.4) is 0 Å². The Morgan fingerprint density at radius 2 is 2.08 bits per heavy atom. The third-order valence-electron chi connectivity index (χ3n) is 1.34. The molecule has 0 aliphatic heterocycles. The summed E-state index contributed by atoms with van der Waals surface area (Å²) in [6.45, 7) is 1.98. The van der Waals surface area contributed by atoms with Crippen molar-refractivity contribution < 1.29 is 0 Å². The number of thiol groups is 1. The molecule has 0 N–H and O–H groups in total. The van der Waals surface area contributed by atoms with Gasteiger partial charge in [-0.2, -0.15) is 12.6 Å². The molecule has 1 aromatic rings. The van der Waals surface area contributed by atoms with Crippen LogP contribution < -0.4 is 0 Å². The fourth-order valence-corrected chi connectivity index (χ4v) is 1.51. The van der Waals surface area contributed by atoms with Crippen molar-refractivity contribution in [2.75, 3.05) is 11.5 Å². The molecule has 0 radical (unpaired) electrons. The van der Waals surface area contributed by atoms with Crippen molar-refractivity contribution in [3.63, 3.8) is 0 Å². The van der Waals surface area contributed by atoms with Crippen molar-refractivity contribution in [1.29, 1.82) is 0 Å². The third-order valence-corrected chi connectivity index (χ3v) is 2.38. The van der Waals surface area contributed by atoms with E-state index < -0.39 is 0 Å². The molecule has 13 heavy (non-hydrogen) atoms. The summed E-state index contributed by atoms with van der Waals surface area (Å²) in [7, 11) is 0. The van der Waals surface area contributed by atoms with Gasteiger partial charge in [0.05, 0.1) is 0 Å².